The standard InChI is InChI=1S/C42H44F6O8/c1-3-53-37(39(49)50)23-27-9-17-33(18-10-27)55-21-5-7-29-13-15-31(25-35(29)41(43,44)45)32-16-14-30(36(26-32)42(46,47)48)8-6-22-56-34-19-11-28(12-20-34)24-38(40(51)52)54-4-2/h9-20,25-26,37-38H,3-8,21-24H2,1-2H3,(H,49,50)(H,51,52)/t37-,38-/m0/s1. The van der Waals surface area contributed by atoms with E-state index in [1.807, 2.05) is 0 Å². The SMILES string of the molecule is CCO[C@@H](Cc1ccc(OCCCc2ccc(-c3ccc(CCCOc4ccc(C[C@H](OCC)C(=O)O)cc4)c(C(F)(F)F)c3)cc2C(F)(F)F)cc1)C(=O)O. The molecule has 4 rings (SSSR count). The normalized spacial score (nSPS) is 12.9. The van der Waals surface area contributed by atoms with Crippen LogP contribution >= 0.6 is 0 Å². The third-order valence-corrected chi connectivity index (χ3v) is 8.86. The van der Waals surface area contributed by atoms with Crippen molar-refractivity contribution in [1.29, 1.82) is 0 Å². The minimum atomic E-state index is -4.76. The van der Waals surface area contributed by atoms with Crippen molar-refractivity contribution < 1.29 is 65.1 Å². The minimum Gasteiger partial charge on any atom is -0.494 e. The van der Waals surface area contributed by atoms with E-state index >= 15 is 0 Å². The van der Waals surface area contributed by atoms with Crippen LogP contribution in [-0.2, 0) is 57.1 Å². The van der Waals surface area contributed by atoms with Gasteiger partial charge in [0.1, 0.15) is 11.5 Å². The van der Waals surface area contributed by atoms with Crippen LogP contribution in [0.1, 0.15) is 60.1 Å². The van der Waals surface area contributed by atoms with Crippen molar-refractivity contribution in [3.63, 3.8) is 0 Å². The molecule has 0 spiro atoms. The molecule has 0 aliphatic heterocycles. The van der Waals surface area contributed by atoms with Gasteiger partial charge in [-0.05, 0) is 109 Å². The van der Waals surface area contributed by atoms with Crippen molar-refractivity contribution in [2.45, 2.75) is 76.9 Å². The maximum atomic E-state index is 14.2. The molecule has 56 heavy (non-hydrogen) atoms. The zero-order valence-electron chi connectivity index (χ0n) is 30.9. The van der Waals surface area contributed by atoms with Gasteiger partial charge >= 0.3 is 24.3 Å². The summed E-state index contributed by atoms with van der Waals surface area (Å²) >= 11 is 0. The average Bonchev–Trinajstić information content (AvgIpc) is 3.15. The molecule has 0 fully saturated rings. The Labute approximate surface area is 321 Å². The third kappa shape index (κ3) is 13.0. The number of ether oxygens (including phenoxy) is 4. The first kappa shape index (κ1) is 43.6. The first-order valence-corrected chi connectivity index (χ1v) is 18.1. The van der Waals surface area contributed by atoms with Crippen LogP contribution in [0.4, 0.5) is 26.3 Å². The summed E-state index contributed by atoms with van der Waals surface area (Å²) in [4.78, 5) is 22.7. The van der Waals surface area contributed by atoms with E-state index in [2.05, 4.69) is 0 Å². The van der Waals surface area contributed by atoms with E-state index in [4.69, 9.17) is 18.9 Å². The predicted molar refractivity (Wildman–Crippen MR) is 196 cm³/mol. The molecule has 14 heteroatoms. The summed E-state index contributed by atoms with van der Waals surface area (Å²) in [6, 6.07) is 20.3. The zero-order valence-corrected chi connectivity index (χ0v) is 30.9. The molecule has 0 saturated carbocycles. The highest BCUT2D eigenvalue weighted by atomic mass is 19.4. The fourth-order valence-electron chi connectivity index (χ4n) is 6.09. The Morgan fingerprint density at radius 1 is 0.571 bits per heavy atom. The van der Waals surface area contributed by atoms with Crippen LogP contribution in [0, 0.1) is 0 Å². The molecule has 0 unspecified atom stereocenters. The fraction of sp³-hybridized carbons (Fsp3) is 0.381. The van der Waals surface area contributed by atoms with Crippen LogP contribution in [0.15, 0.2) is 84.9 Å². The molecule has 0 aliphatic carbocycles. The number of halogens is 6. The lowest BCUT2D eigenvalue weighted by Gasteiger charge is -2.17. The number of benzene rings is 4. The fourth-order valence-corrected chi connectivity index (χ4v) is 6.09. The zero-order chi connectivity index (χ0) is 40.9. The number of rotatable bonds is 21. The summed E-state index contributed by atoms with van der Waals surface area (Å²) in [7, 11) is 0. The van der Waals surface area contributed by atoms with Gasteiger partial charge < -0.3 is 29.2 Å². The van der Waals surface area contributed by atoms with Gasteiger partial charge in [-0.25, -0.2) is 9.59 Å². The van der Waals surface area contributed by atoms with Gasteiger partial charge in [0.2, 0.25) is 0 Å². The lowest BCUT2D eigenvalue weighted by Crippen LogP contribution is -2.26. The highest BCUT2D eigenvalue weighted by Gasteiger charge is 2.35. The quantitative estimate of drug-likeness (QED) is 0.0635. The van der Waals surface area contributed by atoms with E-state index < -0.39 is 47.6 Å². The van der Waals surface area contributed by atoms with E-state index in [-0.39, 0.29) is 87.2 Å². The van der Waals surface area contributed by atoms with E-state index in [9.17, 15) is 46.1 Å². The van der Waals surface area contributed by atoms with Gasteiger partial charge in [-0.2, -0.15) is 26.3 Å². The summed E-state index contributed by atoms with van der Waals surface area (Å²) < 4.78 is 107. The van der Waals surface area contributed by atoms with Crippen molar-refractivity contribution in [2.24, 2.45) is 0 Å². The Morgan fingerprint density at radius 3 is 1.23 bits per heavy atom. The summed E-state index contributed by atoms with van der Waals surface area (Å²) in [6.45, 7) is 4.07. The largest absolute Gasteiger partial charge is 0.494 e. The first-order chi connectivity index (χ1) is 26.6. The van der Waals surface area contributed by atoms with Crippen LogP contribution in [0.3, 0.4) is 0 Å². The molecule has 2 atom stereocenters. The number of hydrogen-bond donors (Lipinski definition) is 2. The van der Waals surface area contributed by atoms with E-state index in [1.54, 1.807) is 62.4 Å². The number of carboxylic acid groups (broad SMARTS) is 2. The summed E-state index contributed by atoms with van der Waals surface area (Å²) in [5.41, 5.74) is -0.520. The molecule has 0 radical (unpaired) electrons. The molecular formula is C42H44F6O8. The van der Waals surface area contributed by atoms with Gasteiger partial charge in [-0.3, -0.25) is 0 Å². The number of carbonyl (C=O) groups is 2. The Hall–Kier alpha value is -5.08. The second-order valence-corrected chi connectivity index (χ2v) is 12.9. The molecule has 0 aliphatic rings. The van der Waals surface area contributed by atoms with Crippen LogP contribution < -0.4 is 9.47 Å². The Balaban J connectivity index is 1.36. The number of carboxylic acids is 2. The molecule has 2 N–H and O–H groups in total. The molecule has 302 valence electrons. The van der Waals surface area contributed by atoms with Crippen molar-refractivity contribution in [1.82, 2.24) is 0 Å². The number of hydrogen-bond acceptors (Lipinski definition) is 6. The average molecular weight is 791 g/mol. The molecule has 4 aromatic carbocycles. The predicted octanol–water partition coefficient (Wildman–Crippen LogP) is 9.48. The topological polar surface area (TPSA) is 112 Å². The molecule has 0 amide bonds. The molecular weight excluding hydrogens is 746 g/mol. The van der Waals surface area contributed by atoms with Crippen molar-refractivity contribution >= 4 is 11.9 Å². The second kappa shape index (κ2) is 20.2. The summed E-state index contributed by atoms with van der Waals surface area (Å²) in [6.07, 6.45) is -10.7. The van der Waals surface area contributed by atoms with Gasteiger partial charge in [0.05, 0.1) is 24.3 Å². The van der Waals surface area contributed by atoms with Crippen LogP contribution in [0.25, 0.3) is 11.1 Å². The number of aliphatic carboxylic acids is 2. The Morgan fingerprint density at radius 2 is 0.929 bits per heavy atom. The highest BCUT2D eigenvalue weighted by molar-refractivity contribution is 5.73. The summed E-state index contributed by atoms with van der Waals surface area (Å²) in [5.74, 6) is -1.24. The molecule has 0 bridgehead atoms. The van der Waals surface area contributed by atoms with Crippen LogP contribution in [-0.4, -0.2) is 60.8 Å². The maximum absolute atomic E-state index is 14.2. The van der Waals surface area contributed by atoms with Crippen molar-refractivity contribution in [3.05, 3.63) is 118 Å². The summed E-state index contributed by atoms with van der Waals surface area (Å²) in [5, 5.41) is 18.5. The maximum Gasteiger partial charge on any atom is 0.416 e. The van der Waals surface area contributed by atoms with Gasteiger partial charge in [-0.15, -0.1) is 0 Å². The number of aryl methyl sites for hydroxylation is 2. The van der Waals surface area contributed by atoms with Gasteiger partial charge in [0, 0.05) is 26.1 Å². The lowest BCUT2D eigenvalue weighted by atomic mass is 9.93. The Kier molecular flexibility index (Phi) is 15.7. The minimum absolute atomic E-state index is 0.0000834. The van der Waals surface area contributed by atoms with Gasteiger partial charge in [0.25, 0.3) is 0 Å². The third-order valence-electron chi connectivity index (χ3n) is 8.86. The van der Waals surface area contributed by atoms with E-state index in [1.165, 1.54) is 24.3 Å². The van der Waals surface area contributed by atoms with Gasteiger partial charge in [-0.1, -0.05) is 48.5 Å². The molecule has 4 aromatic rings. The smallest absolute Gasteiger partial charge is 0.416 e. The number of alkyl halides is 6. The highest BCUT2D eigenvalue weighted by Crippen LogP contribution is 2.39. The second-order valence-electron chi connectivity index (χ2n) is 12.9. The molecule has 0 heterocycles. The molecule has 0 saturated heterocycles. The molecule has 8 nitrogen and oxygen atoms in total. The Bertz CT molecular complexity index is 1740. The van der Waals surface area contributed by atoms with Crippen molar-refractivity contribution in [3.8, 4) is 22.6 Å². The monoisotopic (exact) mass is 790 g/mol. The van der Waals surface area contributed by atoms with E-state index in [0.29, 0.717) is 22.6 Å². The lowest BCUT2D eigenvalue weighted by molar-refractivity contribution is -0.150. The van der Waals surface area contributed by atoms with Gasteiger partial charge in [0.15, 0.2) is 12.2 Å². The molecule has 0 aromatic heterocycles. The van der Waals surface area contributed by atoms with Crippen LogP contribution in [0.2, 0.25) is 0 Å². The van der Waals surface area contributed by atoms with E-state index in [0.717, 1.165) is 12.1 Å². The van der Waals surface area contributed by atoms with Crippen molar-refractivity contribution in [2.75, 3.05) is 26.4 Å². The first-order valence-electron chi connectivity index (χ1n) is 18.1. The van der Waals surface area contributed by atoms with Crippen LogP contribution in [0.5, 0.6) is 11.5 Å².